The van der Waals surface area contributed by atoms with Gasteiger partial charge >= 0.3 is 7.12 Å². The lowest BCUT2D eigenvalue weighted by atomic mass is 9.77. The van der Waals surface area contributed by atoms with Crippen molar-refractivity contribution in [1.29, 1.82) is 0 Å². The molecule has 0 unspecified atom stereocenters. The van der Waals surface area contributed by atoms with E-state index in [1.807, 2.05) is 0 Å². The smallest absolute Gasteiger partial charge is 0.423 e. The van der Waals surface area contributed by atoms with Gasteiger partial charge in [0, 0.05) is 19.6 Å². The van der Waals surface area contributed by atoms with E-state index >= 15 is 0 Å². The lowest BCUT2D eigenvalue weighted by Crippen LogP contribution is -2.37. The molecule has 0 amide bonds. The minimum absolute atomic E-state index is 0.262. The van der Waals surface area contributed by atoms with Crippen molar-refractivity contribution in [3.05, 3.63) is 29.6 Å². The fourth-order valence-corrected chi connectivity index (χ4v) is 2.45. The Morgan fingerprint density at radius 2 is 2.00 bits per heavy atom. The van der Waals surface area contributed by atoms with Gasteiger partial charge in [0.15, 0.2) is 0 Å². The van der Waals surface area contributed by atoms with Gasteiger partial charge in [0.05, 0.1) is 0 Å². The molecular formula is C13H20BFN2O2. The van der Waals surface area contributed by atoms with Crippen LogP contribution in [-0.2, 0) is 6.54 Å². The first-order valence-corrected chi connectivity index (χ1v) is 6.61. The normalized spacial score (nSPS) is 18.3. The molecule has 0 atom stereocenters. The molecule has 19 heavy (non-hydrogen) atoms. The van der Waals surface area contributed by atoms with Gasteiger partial charge in [-0.05, 0) is 49.7 Å². The van der Waals surface area contributed by atoms with E-state index < -0.39 is 12.9 Å². The Morgan fingerprint density at radius 1 is 1.21 bits per heavy atom. The van der Waals surface area contributed by atoms with Crippen molar-refractivity contribution in [2.24, 2.45) is 0 Å². The highest BCUT2D eigenvalue weighted by Gasteiger charge is 2.19. The van der Waals surface area contributed by atoms with Crippen LogP contribution in [0.1, 0.15) is 12.0 Å². The summed E-state index contributed by atoms with van der Waals surface area (Å²) >= 11 is 0. The predicted molar refractivity (Wildman–Crippen MR) is 73.6 cm³/mol. The Kier molecular flexibility index (Phi) is 4.93. The Morgan fingerprint density at radius 3 is 2.74 bits per heavy atom. The second-order valence-corrected chi connectivity index (χ2v) is 5.15. The topological polar surface area (TPSA) is 46.9 Å². The van der Waals surface area contributed by atoms with Crippen molar-refractivity contribution >= 4 is 12.6 Å². The molecule has 1 fully saturated rings. The second-order valence-electron chi connectivity index (χ2n) is 5.15. The van der Waals surface area contributed by atoms with Gasteiger partial charge < -0.3 is 14.9 Å². The average Bonchev–Trinajstić information content (AvgIpc) is 2.56. The number of likely N-dealkylation sites (N-methyl/N-ethyl adjacent to an activating group) is 1. The molecule has 0 bridgehead atoms. The van der Waals surface area contributed by atoms with Crippen molar-refractivity contribution < 1.29 is 14.4 Å². The number of rotatable bonds is 3. The molecule has 0 radical (unpaired) electrons. The van der Waals surface area contributed by atoms with E-state index in [2.05, 4.69) is 16.8 Å². The van der Waals surface area contributed by atoms with Crippen molar-refractivity contribution in [2.45, 2.75) is 13.0 Å². The maximum atomic E-state index is 13.2. The first-order valence-electron chi connectivity index (χ1n) is 6.61. The standard InChI is InChI=1S/C13H20BFN2O2/c1-16-5-2-6-17(8-7-16)10-11-3-4-12(15)9-13(11)14(18)19/h3-4,9,18-19H,2,5-8,10H2,1H3. The van der Waals surface area contributed by atoms with Crippen LogP contribution in [0, 0.1) is 5.82 Å². The molecule has 6 heteroatoms. The zero-order chi connectivity index (χ0) is 13.8. The predicted octanol–water partition coefficient (Wildman–Crippen LogP) is -0.357. The second kappa shape index (κ2) is 6.48. The summed E-state index contributed by atoms with van der Waals surface area (Å²) in [5.74, 6) is -0.442. The molecule has 2 rings (SSSR count). The van der Waals surface area contributed by atoms with Crippen LogP contribution in [0.3, 0.4) is 0 Å². The first-order chi connectivity index (χ1) is 9.06. The molecule has 0 aliphatic carbocycles. The summed E-state index contributed by atoms with van der Waals surface area (Å²) in [5, 5.41) is 18.6. The van der Waals surface area contributed by atoms with E-state index in [9.17, 15) is 14.4 Å². The van der Waals surface area contributed by atoms with Crippen molar-refractivity contribution in [3.8, 4) is 0 Å². The molecule has 1 saturated heterocycles. The van der Waals surface area contributed by atoms with E-state index in [0.717, 1.165) is 38.2 Å². The van der Waals surface area contributed by atoms with E-state index in [1.165, 1.54) is 12.1 Å². The summed E-state index contributed by atoms with van der Waals surface area (Å²) in [6, 6.07) is 4.20. The highest BCUT2D eigenvalue weighted by molar-refractivity contribution is 6.59. The fourth-order valence-electron chi connectivity index (χ4n) is 2.45. The van der Waals surface area contributed by atoms with Crippen molar-refractivity contribution in [1.82, 2.24) is 9.80 Å². The molecule has 1 aliphatic rings. The maximum Gasteiger partial charge on any atom is 0.488 e. The van der Waals surface area contributed by atoms with Crippen LogP contribution in [0.15, 0.2) is 18.2 Å². The third kappa shape index (κ3) is 4.01. The highest BCUT2D eigenvalue weighted by atomic mass is 19.1. The van der Waals surface area contributed by atoms with Crippen molar-refractivity contribution in [2.75, 3.05) is 33.2 Å². The highest BCUT2D eigenvalue weighted by Crippen LogP contribution is 2.08. The number of hydrogen-bond donors (Lipinski definition) is 2. The summed E-state index contributed by atoms with van der Waals surface area (Å²) in [4.78, 5) is 4.55. The largest absolute Gasteiger partial charge is 0.488 e. The lowest BCUT2D eigenvalue weighted by Gasteiger charge is -2.21. The molecule has 2 N–H and O–H groups in total. The van der Waals surface area contributed by atoms with Crippen LogP contribution in [0.25, 0.3) is 0 Å². The van der Waals surface area contributed by atoms with E-state index in [1.54, 1.807) is 6.07 Å². The molecular weight excluding hydrogens is 246 g/mol. The van der Waals surface area contributed by atoms with Crippen molar-refractivity contribution in [3.63, 3.8) is 0 Å². The van der Waals surface area contributed by atoms with Crippen LogP contribution in [0.2, 0.25) is 0 Å². The van der Waals surface area contributed by atoms with Crippen LogP contribution in [0.4, 0.5) is 4.39 Å². The zero-order valence-electron chi connectivity index (χ0n) is 11.2. The Hall–Kier alpha value is -0.945. The van der Waals surface area contributed by atoms with Gasteiger partial charge in [-0.15, -0.1) is 0 Å². The average molecular weight is 266 g/mol. The molecule has 1 aromatic carbocycles. The van der Waals surface area contributed by atoms with E-state index in [0.29, 0.717) is 6.54 Å². The lowest BCUT2D eigenvalue weighted by molar-refractivity contribution is 0.269. The molecule has 0 spiro atoms. The fraction of sp³-hybridized carbons (Fsp3) is 0.538. The molecule has 4 nitrogen and oxygen atoms in total. The quantitative estimate of drug-likeness (QED) is 0.734. The van der Waals surface area contributed by atoms with E-state index in [4.69, 9.17) is 0 Å². The van der Waals surface area contributed by atoms with Gasteiger partial charge in [0.1, 0.15) is 5.82 Å². The third-order valence-corrected chi connectivity index (χ3v) is 3.59. The molecule has 1 heterocycles. The van der Waals surface area contributed by atoms with Gasteiger partial charge in [0.2, 0.25) is 0 Å². The van der Waals surface area contributed by atoms with Gasteiger partial charge in [0.25, 0.3) is 0 Å². The molecule has 1 aromatic rings. The third-order valence-electron chi connectivity index (χ3n) is 3.59. The Bertz CT molecular complexity index is 431. The number of benzene rings is 1. The van der Waals surface area contributed by atoms with Gasteiger partial charge in [-0.25, -0.2) is 4.39 Å². The summed E-state index contributed by atoms with van der Waals surface area (Å²) in [6.07, 6.45) is 1.09. The number of halogens is 1. The SMILES string of the molecule is CN1CCCN(Cc2ccc(F)cc2B(O)O)CC1. The molecule has 0 saturated carbocycles. The summed E-state index contributed by atoms with van der Waals surface area (Å²) in [7, 11) is 0.477. The number of nitrogens with zero attached hydrogens (tertiary/aromatic N) is 2. The molecule has 1 aliphatic heterocycles. The van der Waals surface area contributed by atoms with Crippen LogP contribution in [-0.4, -0.2) is 60.2 Å². The summed E-state index contributed by atoms with van der Waals surface area (Å²) < 4.78 is 13.2. The van der Waals surface area contributed by atoms with Gasteiger partial charge in [-0.2, -0.15) is 0 Å². The Labute approximate surface area is 113 Å². The molecule has 0 aromatic heterocycles. The minimum Gasteiger partial charge on any atom is -0.423 e. The van der Waals surface area contributed by atoms with Crippen LogP contribution >= 0.6 is 0 Å². The van der Waals surface area contributed by atoms with Gasteiger partial charge in [-0.1, -0.05) is 6.07 Å². The van der Waals surface area contributed by atoms with Crippen LogP contribution < -0.4 is 5.46 Å². The van der Waals surface area contributed by atoms with Gasteiger partial charge in [-0.3, -0.25) is 4.90 Å². The van der Waals surface area contributed by atoms with Crippen LogP contribution in [0.5, 0.6) is 0 Å². The summed E-state index contributed by atoms with van der Waals surface area (Å²) in [5.41, 5.74) is 1.04. The maximum absolute atomic E-state index is 13.2. The minimum atomic E-state index is -1.62. The number of hydrogen-bond acceptors (Lipinski definition) is 4. The zero-order valence-corrected chi connectivity index (χ0v) is 11.2. The molecule has 104 valence electrons. The van der Waals surface area contributed by atoms with E-state index in [-0.39, 0.29) is 5.46 Å². The monoisotopic (exact) mass is 266 g/mol. The Balaban J connectivity index is 2.09. The summed E-state index contributed by atoms with van der Waals surface area (Å²) in [6.45, 7) is 4.62. The first kappa shape index (κ1) is 14.5.